The highest BCUT2D eigenvalue weighted by Gasteiger charge is 2.48. The molecule has 0 bridgehead atoms. The second-order valence-corrected chi connectivity index (χ2v) is 9.97. The van der Waals surface area contributed by atoms with Crippen molar-refractivity contribution < 1.29 is 22.3 Å². The summed E-state index contributed by atoms with van der Waals surface area (Å²) in [5.74, 6) is -0.752. The van der Waals surface area contributed by atoms with Crippen molar-refractivity contribution in [3.8, 4) is 0 Å². The first-order valence-corrected chi connectivity index (χ1v) is 11.9. The second-order valence-electron chi connectivity index (χ2n) is 9.97. The van der Waals surface area contributed by atoms with Gasteiger partial charge in [-0.3, -0.25) is 10.2 Å². The Kier molecular flexibility index (Phi) is 6.45. The van der Waals surface area contributed by atoms with Gasteiger partial charge in [0, 0.05) is 50.4 Å². The molecular formula is C24H30F4N6O. The molecule has 0 saturated carbocycles. The lowest BCUT2D eigenvalue weighted by molar-refractivity contribution is -0.140. The minimum absolute atomic E-state index is 0.0626. The summed E-state index contributed by atoms with van der Waals surface area (Å²) in [4.78, 5) is 13.4. The Balaban J connectivity index is 1.23. The molecule has 2 saturated heterocycles. The summed E-state index contributed by atoms with van der Waals surface area (Å²) in [7, 11) is 1.95. The van der Waals surface area contributed by atoms with E-state index in [0.29, 0.717) is 31.1 Å². The molecule has 0 radical (unpaired) electrons. The van der Waals surface area contributed by atoms with Crippen molar-refractivity contribution in [2.45, 2.75) is 63.4 Å². The predicted octanol–water partition coefficient (Wildman–Crippen LogP) is 3.18. The molecule has 35 heavy (non-hydrogen) atoms. The van der Waals surface area contributed by atoms with Crippen molar-refractivity contribution >= 4 is 5.95 Å². The van der Waals surface area contributed by atoms with E-state index in [1.807, 2.05) is 27.1 Å². The maximum atomic E-state index is 14.2. The van der Waals surface area contributed by atoms with Gasteiger partial charge in [-0.25, -0.2) is 14.4 Å². The normalized spacial score (nSPS) is 27.3. The van der Waals surface area contributed by atoms with Gasteiger partial charge in [-0.05, 0) is 50.6 Å². The predicted molar refractivity (Wildman–Crippen MR) is 122 cm³/mol. The van der Waals surface area contributed by atoms with Crippen LogP contribution in [-0.2, 0) is 23.9 Å². The Hall–Kier alpha value is -2.34. The number of ether oxygens (including phenoxy) is 1. The quantitative estimate of drug-likeness (QED) is 0.472. The molecule has 7 nitrogen and oxygen atoms in total. The number of halogens is 4. The first-order chi connectivity index (χ1) is 16.6. The number of alkyl halides is 3. The zero-order valence-electron chi connectivity index (χ0n) is 19.9. The Bertz CT molecular complexity index is 1080. The smallest absolute Gasteiger partial charge is 0.352 e. The molecule has 3 aliphatic heterocycles. The van der Waals surface area contributed by atoms with Crippen molar-refractivity contribution in [3.63, 3.8) is 0 Å². The minimum Gasteiger partial charge on any atom is -0.352 e. The van der Waals surface area contributed by atoms with E-state index in [2.05, 4.69) is 30.4 Å². The summed E-state index contributed by atoms with van der Waals surface area (Å²) in [6.45, 7) is 6.88. The van der Waals surface area contributed by atoms with Crippen molar-refractivity contribution in [1.29, 1.82) is 0 Å². The van der Waals surface area contributed by atoms with Crippen molar-refractivity contribution in [2.75, 3.05) is 32.0 Å². The van der Waals surface area contributed by atoms with Crippen molar-refractivity contribution in [1.82, 2.24) is 25.1 Å². The van der Waals surface area contributed by atoms with E-state index in [0.717, 1.165) is 36.4 Å². The average Bonchev–Trinajstić information content (AvgIpc) is 3.44. The lowest BCUT2D eigenvalue weighted by Crippen LogP contribution is -2.42. The van der Waals surface area contributed by atoms with E-state index in [-0.39, 0.29) is 30.5 Å². The molecule has 0 aliphatic carbocycles. The largest absolute Gasteiger partial charge is 0.419 e. The fraction of sp³-hybridized carbons (Fsp3) is 0.583. The van der Waals surface area contributed by atoms with Gasteiger partial charge in [-0.1, -0.05) is 6.07 Å². The molecule has 0 spiro atoms. The molecule has 3 aliphatic rings. The zero-order chi connectivity index (χ0) is 24.9. The number of fused-ring (bicyclic) bond motifs is 1. The van der Waals surface area contributed by atoms with E-state index in [1.165, 1.54) is 6.07 Å². The van der Waals surface area contributed by atoms with Crippen LogP contribution in [0.1, 0.15) is 42.1 Å². The van der Waals surface area contributed by atoms with Crippen LogP contribution in [-0.4, -0.2) is 71.0 Å². The Labute approximate surface area is 201 Å². The number of hydrogen-bond acceptors (Lipinski definition) is 7. The highest BCUT2D eigenvalue weighted by Crippen LogP contribution is 2.36. The number of rotatable bonds is 6. The van der Waals surface area contributed by atoms with Crippen LogP contribution in [0.25, 0.3) is 0 Å². The molecule has 4 unspecified atom stereocenters. The third-order valence-electron chi connectivity index (χ3n) is 6.83. The number of likely N-dealkylation sites (N-methyl/N-ethyl adjacent to an activating group) is 1. The van der Waals surface area contributed by atoms with Crippen molar-refractivity contribution in [3.05, 3.63) is 52.6 Å². The average molecular weight is 495 g/mol. The van der Waals surface area contributed by atoms with E-state index in [9.17, 15) is 17.6 Å². The molecule has 190 valence electrons. The van der Waals surface area contributed by atoms with Crippen molar-refractivity contribution in [2.24, 2.45) is 0 Å². The van der Waals surface area contributed by atoms with Crippen LogP contribution < -0.4 is 10.6 Å². The third kappa shape index (κ3) is 5.28. The summed E-state index contributed by atoms with van der Waals surface area (Å²) < 4.78 is 59.1. The highest BCUT2D eigenvalue weighted by molar-refractivity contribution is 5.32. The van der Waals surface area contributed by atoms with Crippen LogP contribution in [0.2, 0.25) is 0 Å². The molecule has 4 heterocycles. The molecular weight excluding hydrogens is 464 g/mol. The summed E-state index contributed by atoms with van der Waals surface area (Å²) in [5.41, 5.74) is 1.46. The first kappa shape index (κ1) is 24.4. The van der Waals surface area contributed by atoms with Crippen LogP contribution in [0, 0.1) is 5.82 Å². The number of benzene rings is 1. The van der Waals surface area contributed by atoms with Gasteiger partial charge in [0.25, 0.3) is 0 Å². The molecule has 4 atom stereocenters. The molecule has 1 aromatic carbocycles. The molecule has 0 amide bonds. The SMILES string of the molecule is CC(C)Nc1ncc2c(n1)CN(C1OC1NC1CN(C)CC1c1ccc(C(F)(F)F)c(F)c1)CC2. The fourth-order valence-electron chi connectivity index (χ4n) is 5.08. The number of aromatic nitrogens is 2. The first-order valence-electron chi connectivity index (χ1n) is 11.9. The fourth-order valence-corrected chi connectivity index (χ4v) is 5.08. The maximum absolute atomic E-state index is 14.2. The van der Waals surface area contributed by atoms with Gasteiger partial charge in [0.15, 0.2) is 12.5 Å². The minimum atomic E-state index is -4.70. The number of likely N-dealkylation sites (tertiary alicyclic amines) is 1. The van der Waals surface area contributed by atoms with E-state index in [1.54, 1.807) is 0 Å². The second kappa shape index (κ2) is 9.27. The van der Waals surface area contributed by atoms with Crippen LogP contribution in [0.4, 0.5) is 23.5 Å². The highest BCUT2D eigenvalue weighted by atomic mass is 19.4. The Morgan fingerprint density at radius 1 is 1.20 bits per heavy atom. The lowest BCUT2D eigenvalue weighted by atomic mass is 9.93. The summed E-state index contributed by atoms with van der Waals surface area (Å²) >= 11 is 0. The number of nitrogens with one attached hydrogen (secondary N) is 2. The molecule has 1 aromatic heterocycles. The van der Waals surface area contributed by atoms with Gasteiger partial charge < -0.3 is 15.0 Å². The standard InChI is InChI=1S/C24H30F4N6O/c1-13(2)30-23-29-9-15-6-7-34(12-19(15)32-23)22-21(35-22)31-20-11-33(3)10-16(20)14-4-5-17(18(25)8-14)24(26,27)28/h4-5,8-9,13,16,20-22,31H,6-7,10-12H2,1-3H3,(H,29,30,32). The van der Waals surface area contributed by atoms with Gasteiger partial charge >= 0.3 is 6.18 Å². The number of epoxide rings is 1. The number of anilines is 1. The number of nitrogens with zero attached hydrogens (tertiary/aromatic N) is 4. The van der Waals surface area contributed by atoms with Gasteiger partial charge in [0.2, 0.25) is 5.95 Å². The van der Waals surface area contributed by atoms with E-state index < -0.39 is 17.6 Å². The molecule has 2 aromatic rings. The zero-order valence-corrected chi connectivity index (χ0v) is 19.9. The van der Waals surface area contributed by atoms with Crippen LogP contribution in [0.15, 0.2) is 24.4 Å². The molecule has 2 fully saturated rings. The summed E-state index contributed by atoms with van der Waals surface area (Å²) in [5, 5.41) is 6.74. The van der Waals surface area contributed by atoms with E-state index in [4.69, 9.17) is 4.74 Å². The number of hydrogen-bond donors (Lipinski definition) is 2. The van der Waals surface area contributed by atoms with Crippen LogP contribution in [0.3, 0.4) is 0 Å². The molecule has 2 N–H and O–H groups in total. The summed E-state index contributed by atoms with van der Waals surface area (Å²) in [6, 6.07) is 3.43. The van der Waals surface area contributed by atoms with Crippen LogP contribution >= 0.6 is 0 Å². The third-order valence-corrected chi connectivity index (χ3v) is 6.83. The lowest BCUT2D eigenvalue weighted by Gasteiger charge is -2.27. The Morgan fingerprint density at radius 3 is 2.71 bits per heavy atom. The maximum Gasteiger partial charge on any atom is 0.419 e. The van der Waals surface area contributed by atoms with Gasteiger partial charge in [-0.15, -0.1) is 0 Å². The molecule has 11 heteroatoms. The van der Waals surface area contributed by atoms with Gasteiger partial charge in [0.1, 0.15) is 5.82 Å². The van der Waals surface area contributed by atoms with E-state index >= 15 is 0 Å². The van der Waals surface area contributed by atoms with Gasteiger partial charge in [-0.2, -0.15) is 13.2 Å². The molecule has 5 rings (SSSR count). The Morgan fingerprint density at radius 2 is 2.00 bits per heavy atom. The summed E-state index contributed by atoms with van der Waals surface area (Å²) in [6.07, 6.45) is -2.27. The topological polar surface area (TPSA) is 68.8 Å². The van der Waals surface area contributed by atoms with Gasteiger partial charge in [0.05, 0.1) is 11.3 Å². The van der Waals surface area contributed by atoms with Crippen LogP contribution in [0.5, 0.6) is 0 Å². The monoisotopic (exact) mass is 494 g/mol.